The minimum absolute atomic E-state index is 0.312. The van der Waals surface area contributed by atoms with Gasteiger partial charge in [0.1, 0.15) is 5.75 Å². The summed E-state index contributed by atoms with van der Waals surface area (Å²) in [5.41, 5.74) is 1.55. The molecule has 1 N–H and O–H groups in total. The molecule has 0 heterocycles. The molecule has 5 nitrogen and oxygen atoms in total. The Morgan fingerprint density at radius 1 is 1.12 bits per heavy atom. The second kappa shape index (κ2) is 8.04. The van der Waals surface area contributed by atoms with Crippen LogP contribution in [0.5, 0.6) is 5.75 Å². The fourth-order valence-electron chi connectivity index (χ4n) is 1.92. The highest BCUT2D eigenvalue weighted by molar-refractivity contribution is 6.31. The van der Waals surface area contributed by atoms with Crippen molar-refractivity contribution in [1.29, 1.82) is 0 Å². The number of benzene rings is 2. The monoisotopic (exact) mass is 367 g/mol. The number of esters is 1. The first-order valence-corrected chi connectivity index (χ1v) is 7.73. The van der Waals surface area contributed by atoms with Gasteiger partial charge in [0.2, 0.25) is 0 Å². The molecule has 0 radical (unpaired) electrons. The highest BCUT2D eigenvalue weighted by atomic mass is 35.5. The van der Waals surface area contributed by atoms with E-state index in [0.29, 0.717) is 27.0 Å². The van der Waals surface area contributed by atoms with Crippen LogP contribution >= 0.6 is 23.2 Å². The van der Waals surface area contributed by atoms with E-state index < -0.39 is 18.5 Å². The number of nitrogens with one attached hydrogen (secondary N) is 1. The minimum Gasteiger partial charge on any atom is -0.495 e. The van der Waals surface area contributed by atoms with Gasteiger partial charge in [-0.05, 0) is 42.8 Å². The van der Waals surface area contributed by atoms with E-state index >= 15 is 0 Å². The smallest absolute Gasteiger partial charge is 0.338 e. The average Bonchev–Trinajstić information content (AvgIpc) is 2.56. The predicted octanol–water partition coefficient (Wildman–Crippen LogP) is 4.11. The fourth-order valence-corrected chi connectivity index (χ4v) is 2.20. The van der Waals surface area contributed by atoms with Crippen LogP contribution in [0.4, 0.5) is 5.69 Å². The number of anilines is 1. The van der Waals surface area contributed by atoms with Crippen molar-refractivity contribution < 1.29 is 19.1 Å². The second-order valence-corrected chi connectivity index (χ2v) is 5.78. The summed E-state index contributed by atoms with van der Waals surface area (Å²) < 4.78 is 10.1. The summed E-state index contributed by atoms with van der Waals surface area (Å²) in [7, 11) is 1.47. The molecule has 0 atom stereocenters. The van der Waals surface area contributed by atoms with Gasteiger partial charge in [0, 0.05) is 16.1 Å². The number of halogens is 2. The molecule has 0 spiro atoms. The summed E-state index contributed by atoms with van der Waals surface area (Å²) >= 11 is 11.8. The predicted molar refractivity (Wildman–Crippen MR) is 93.1 cm³/mol. The first kappa shape index (κ1) is 18.1. The van der Waals surface area contributed by atoms with Gasteiger partial charge in [0.15, 0.2) is 6.61 Å². The van der Waals surface area contributed by atoms with Crippen molar-refractivity contribution in [2.45, 2.75) is 6.92 Å². The summed E-state index contributed by atoms with van der Waals surface area (Å²) in [5, 5.41) is 3.66. The van der Waals surface area contributed by atoms with Gasteiger partial charge in [0.25, 0.3) is 5.91 Å². The molecule has 2 rings (SSSR count). The van der Waals surface area contributed by atoms with Crippen molar-refractivity contribution in [3.05, 3.63) is 57.6 Å². The van der Waals surface area contributed by atoms with Crippen LogP contribution in [0.2, 0.25) is 10.0 Å². The third-order valence-corrected chi connectivity index (χ3v) is 3.83. The van der Waals surface area contributed by atoms with Gasteiger partial charge in [-0.1, -0.05) is 23.2 Å². The molecule has 126 valence electrons. The standard InChI is InChI=1S/C17H15Cl2NO4/c1-10-7-14(15(23-2)8-13(10)19)20-16(21)9-24-17(22)11-3-5-12(18)6-4-11/h3-8H,9H2,1-2H3,(H,20,21). The Hall–Kier alpha value is -2.24. The second-order valence-electron chi connectivity index (χ2n) is 4.93. The number of carbonyl (C=O) groups is 2. The van der Waals surface area contributed by atoms with Crippen molar-refractivity contribution in [2.24, 2.45) is 0 Å². The molecular formula is C17H15Cl2NO4. The first-order chi connectivity index (χ1) is 11.4. The molecule has 2 aromatic carbocycles. The fraction of sp³-hybridized carbons (Fsp3) is 0.176. The minimum atomic E-state index is -0.610. The molecule has 0 fully saturated rings. The lowest BCUT2D eigenvalue weighted by Crippen LogP contribution is -2.21. The van der Waals surface area contributed by atoms with E-state index in [1.165, 1.54) is 19.2 Å². The maximum atomic E-state index is 12.0. The van der Waals surface area contributed by atoms with E-state index in [0.717, 1.165) is 5.56 Å². The molecule has 0 saturated carbocycles. The molecular weight excluding hydrogens is 353 g/mol. The normalized spacial score (nSPS) is 10.2. The van der Waals surface area contributed by atoms with Crippen LogP contribution in [-0.2, 0) is 9.53 Å². The van der Waals surface area contributed by atoms with Crippen LogP contribution in [0, 0.1) is 6.92 Å². The summed E-state index contributed by atoms with van der Waals surface area (Å²) in [6.07, 6.45) is 0. The van der Waals surface area contributed by atoms with Crippen LogP contribution in [-0.4, -0.2) is 25.6 Å². The van der Waals surface area contributed by atoms with Gasteiger partial charge in [-0.15, -0.1) is 0 Å². The van der Waals surface area contributed by atoms with Crippen LogP contribution in [0.25, 0.3) is 0 Å². The van der Waals surface area contributed by atoms with E-state index in [1.807, 2.05) is 0 Å². The van der Waals surface area contributed by atoms with Crippen molar-refractivity contribution in [3.8, 4) is 5.75 Å². The van der Waals surface area contributed by atoms with Gasteiger partial charge in [-0.25, -0.2) is 4.79 Å². The van der Waals surface area contributed by atoms with E-state index in [2.05, 4.69) is 5.32 Å². The van der Waals surface area contributed by atoms with Crippen LogP contribution < -0.4 is 10.1 Å². The van der Waals surface area contributed by atoms with Gasteiger partial charge in [-0.2, -0.15) is 0 Å². The van der Waals surface area contributed by atoms with E-state index in [9.17, 15) is 9.59 Å². The Morgan fingerprint density at radius 2 is 1.79 bits per heavy atom. The molecule has 2 aromatic rings. The number of carbonyl (C=O) groups excluding carboxylic acids is 2. The SMILES string of the molecule is COc1cc(Cl)c(C)cc1NC(=O)COC(=O)c1ccc(Cl)cc1. The van der Waals surface area contributed by atoms with E-state index in [4.69, 9.17) is 32.7 Å². The van der Waals surface area contributed by atoms with Crippen LogP contribution in [0.15, 0.2) is 36.4 Å². The Kier molecular flexibility index (Phi) is 6.06. The van der Waals surface area contributed by atoms with Gasteiger partial charge in [-0.3, -0.25) is 4.79 Å². The summed E-state index contributed by atoms with van der Waals surface area (Å²) in [4.78, 5) is 23.8. The molecule has 0 aliphatic carbocycles. The summed E-state index contributed by atoms with van der Waals surface area (Å²) in [6.45, 7) is 1.38. The van der Waals surface area contributed by atoms with Crippen molar-refractivity contribution in [1.82, 2.24) is 0 Å². The number of aryl methyl sites for hydroxylation is 1. The van der Waals surface area contributed by atoms with Crippen LogP contribution in [0.1, 0.15) is 15.9 Å². The molecule has 0 aliphatic heterocycles. The largest absolute Gasteiger partial charge is 0.495 e. The maximum absolute atomic E-state index is 12.0. The highest BCUT2D eigenvalue weighted by Gasteiger charge is 2.13. The molecule has 1 amide bonds. The third kappa shape index (κ3) is 4.63. The lowest BCUT2D eigenvalue weighted by Gasteiger charge is -2.12. The van der Waals surface area contributed by atoms with E-state index in [-0.39, 0.29) is 0 Å². The number of methoxy groups -OCH3 is 1. The van der Waals surface area contributed by atoms with Gasteiger partial charge in [0.05, 0.1) is 18.4 Å². The van der Waals surface area contributed by atoms with Crippen LogP contribution in [0.3, 0.4) is 0 Å². The van der Waals surface area contributed by atoms with E-state index in [1.54, 1.807) is 31.2 Å². The Balaban J connectivity index is 1.97. The quantitative estimate of drug-likeness (QED) is 0.807. The highest BCUT2D eigenvalue weighted by Crippen LogP contribution is 2.30. The Bertz CT molecular complexity index is 760. The topological polar surface area (TPSA) is 64.6 Å². The molecule has 0 bridgehead atoms. The van der Waals surface area contributed by atoms with Gasteiger partial charge >= 0.3 is 5.97 Å². The molecule has 0 saturated heterocycles. The Labute approximate surface area is 149 Å². The maximum Gasteiger partial charge on any atom is 0.338 e. The zero-order chi connectivity index (χ0) is 17.7. The summed E-state index contributed by atoms with van der Waals surface area (Å²) in [6, 6.07) is 9.47. The number of hydrogen-bond acceptors (Lipinski definition) is 4. The molecule has 24 heavy (non-hydrogen) atoms. The Morgan fingerprint density at radius 3 is 2.42 bits per heavy atom. The number of ether oxygens (including phenoxy) is 2. The number of hydrogen-bond donors (Lipinski definition) is 1. The van der Waals surface area contributed by atoms with Crippen molar-refractivity contribution >= 4 is 40.8 Å². The molecule has 7 heteroatoms. The third-order valence-electron chi connectivity index (χ3n) is 3.17. The number of rotatable bonds is 5. The summed E-state index contributed by atoms with van der Waals surface area (Å²) in [5.74, 6) is -0.679. The zero-order valence-corrected chi connectivity index (χ0v) is 14.6. The van der Waals surface area contributed by atoms with Crippen molar-refractivity contribution in [2.75, 3.05) is 19.0 Å². The zero-order valence-electron chi connectivity index (χ0n) is 13.1. The lowest BCUT2D eigenvalue weighted by atomic mass is 10.2. The lowest BCUT2D eigenvalue weighted by molar-refractivity contribution is -0.119. The average molecular weight is 368 g/mol. The molecule has 0 aromatic heterocycles. The molecule has 0 aliphatic rings. The van der Waals surface area contributed by atoms with Gasteiger partial charge < -0.3 is 14.8 Å². The molecule has 0 unspecified atom stereocenters. The first-order valence-electron chi connectivity index (χ1n) is 6.97. The number of amides is 1. The van der Waals surface area contributed by atoms with Crippen molar-refractivity contribution in [3.63, 3.8) is 0 Å².